The molecule has 1 aliphatic rings. The van der Waals surface area contributed by atoms with Crippen molar-refractivity contribution in [2.75, 3.05) is 59.0 Å². The van der Waals surface area contributed by atoms with E-state index in [1.54, 1.807) is 0 Å². The lowest BCUT2D eigenvalue weighted by Crippen LogP contribution is -2.52. The molecule has 288 valence electrons. The molecule has 2 aromatic carbocycles. The summed E-state index contributed by atoms with van der Waals surface area (Å²) in [6.45, 7) is -4.33. The van der Waals surface area contributed by atoms with Gasteiger partial charge < -0.3 is 40.4 Å². The normalized spacial score (nSPS) is 15.1. The molecule has 1 fully saturated rings. The van der Waals surface area contributed by atoms with Crippen molar-refractivity contribution >= 4 is 37.7 Å². The summed E-state index contributed by atoms with van der Waals surface area (Å²) in [5.41, 5.74) is 2.39. The largest absolute Gasteiger partial charge is 0.480 e. The number of hydrogen-bond donors (Lipinski definition) is 8. The van der Waals surface area contributed by atoms with Crippen LogP contribution in [0.1, 0.15) is 36.8 Å². The van der Waals surface area contributed by atoms with Crippen LogP contribution in [0.25, 0.3) is 0 Å². The lowest BCUT2D eigenvalue weighted by Gasteiger charge is -2.41. The third-order valence-electron chi connectivity index (χ3n) is 8.41. The van der Waals surface area contributed by atoms with Crippen molar-refractivity contribution in [2.24, 2.45) is 0 Å². The second-order valence-corrected chi connectivity index (χ2v) is 13.5. The molecule has 0 spiro atoms. The van der Waals surface area contributed by atoms with Crippen molar-refractivity contribution in [2.45, 2.75) is 43.2 Å². The highest BCUT2D eigenvalue weighted by molar-refractivity contribution is 7.46. The average molecular weight is 756 g/mol. The summed E-state index contributed by atoms with van der Waals surface area (Å²) in [7, 11) is -4.42. The number of hydrogen-bond acceptors (Lipinski definition) is 11. The number of carboxylic acid groups (broad SMARTS) is 5. The minimum atomic E-state index is -4.42. The molecule has 0 amide bonds. The number of rotatable bonds is 21. The molecule has 1 unspecified atom stereocenters. The van der Waals surface area contributed by atoms with E-state index in [1.165, 1.54) is 16.0 Å². The van der Waals surface area contributed by atoms with E-state index in [2.05, 4.69) is 24.3 Å². The van der Waals surface area contributed by atoms with Crippen molar-refractivity contribution in [1.82, 2.24) is 14.7 Å². The van der Waals surface area contributed by atoms with E-state index in [9.17, 15) is 33.6 Å². The van der Waals surface area contributed by atoms with Gasteiger partial charge in [-0.25, -0.2) is 4.57 Å². The van der Waals surface area contributed by atoms with Crippen molar-refractivity contribution in [3.05, 3.63) is 71.8 Å². The second-order valence-electron chi connectivity index (χ2n) is 12.3. The number of benzene rings is 2. The average Bonchev–Trinajstić information content (AvgIpc) is 3.05. The number of carboxylic acids is 5. The Labute approximate surface area is 299 Å². The summed E-state index contributed by atoms with van der Waals surface area (Å²) in [6, 6.07) is 19.7. The zero-order valence-electron chi connectivity index (χ0n) is 28.3. The van der Waals surface area contributed by atoms with Crippen molar-refractivity contribution in [1.29, 1.82) is 0 Å². The Hall–Kier alpha value is -4.26. The van der Waals surface area contributed by atoms with Crippen LogP contribution in [0.4, 0.5) is 0 Å². The molecule has 0 heterocycles. The molecule has 2 aromatic rings. The molecule has 19 heteroatoms. The maximum Gasteiger partial charge on any atom is 0.469 e. The Morgan fingerprint density at radius 2 is 1.06 bits per heavy atom. The summed E-state index contributed by atoms with van der Waals surface area (Å²) in [5.74, 6) is -6.52. The Kier molecular flexibility index (Phi) is 18.0. The highest BCUT2D eigenvalue weighted by Crippen LogP contribution is 2.48. The molecule has 18 nitrogen and oxygen atoms in total. The standard InChI is InChI=1S/C18H21O4P.C15H25N3O11/c19-23(20,21)22-17-11-13-18(14-12-17,15-7-3-1-4-8-15)16-9-5-2-6-10-16;19-9-10(18(7-14(26)27)8-15(28)29)3-16(4-11(20)21)1-2-17(5-12(22)23)6-13(24)25/h1-10,17H,11-14H2,(H2,19,20,21);10,19H,1-9H2,(H,20,21)(H,22,23)(H,24,25)(H,26,27)(H,28,29). The molecule has 3 rings (SSSR count). The monoisotopic (exact) mass is 755 g/mol. The zero-order valence-corrected chi connectivity index (χ0v) is 29.2. The minimum absolute atomic E-state index is 0.114. The Bertz CT molecular complexity index is 1430. The molecule has 8 N–H and O–H groups in total. The first-order valence-electron chi connectivity index (χ1n) is 16.2. The molecule has 1 saturated carbocycles. The van der Waals surface area contributed by atoms with Crippen molar-refractivity contribution in [3.8, 4) is 0 Å². The van der Waals surface area contributed by atoms with Gasteiger partial charge in [0.15, 0.2) is 0 Å². The lowest BCUT2D eigenvalue weighted by atomic mass is 9.65. The number of phosphoric acid groups is 1. The van der Waals surface area contributed by atoms with Crippen LogP contribution in [0.2, 0.25) is 0 Å². The molecule has 1 aliphatic carbocycles. The van der Waals surface area contributed by atoms with Crippen LogP contribution in [0, 0.1) is 0 Å². The molecule has 52 heavy (non-hydrogen) atoms. The summed E-state index contributed by atoms with van der Waals surface area (Å²) < 4.78 is 16.0. The summed E-state index contributed by atoms with van der Waals surface area (Å²) in [5, 5.41) is 54.1. The predicted octanol–water partition coefficient (Wildman–Crippen LogP) is 0.701. The maximum atomic E-state index is 11.1. The Balaban J connectivity index is 0.000000367. The number of aliphatic hydroxyl groups is 1. The SMILES string of the molecule is O=C(O)CN(CCN(CC(=O)O)CC(CO)N(CC(=O)O)CC(=O)O)CC(=O)O.O=P(O)(O)OC1CCC(c2ccccc2)(c2ccccc2)CC1. The summed E-state index contributed by atoms with van der Waals surface area (Å²) in [6.07, 6.45) is 2.51. The van der Waals surface area contributed by atoms with E-state index in [4.69, 9.17) is 39.8 Å². The first-order valence-corrected chi connectivity index (χ1v) is 17.7. The van der Waals surface area contributed by atoms with E-state index < -0.39 is 83.0 Å². The van der Waals surface area contributed by atoms with Crippen LogP contribution in [-0.2, 0) is 38.5 Å². The molecule has 0 aromatic heterocycles. The molecular weight excluding hydrogens is 709 g/mol. The van der Waals surface area contributed by atoms with Gasteiger partial charge in [0, 0.05) is 31.1 Å². The van der Waals surface area contributed by atoms with E-state index in [0.29, 0.717) is 12.8 Å². The van der Waals surface area contributed by atoms with Gasteiger partial charge >= 0.3 is 37.7 Å². The second kappa shape index (κ2) is 21.3. The molecule has 0 bridgehead atoms. The van der Waals surface area contributed by atoms with Gasteiger partial charge in [-0.1, -0.05) is 60.7 Å². The number of aliphatic hydroxyl groups excluding tert-OH is 1. The van der Waals surface area contributed by atoms with Gasteiger partial charge in [0.25, 0.3) is 0 Å². The highest BCUT2D eigenvalue weighted by Gasteiger charge is 2.40. The van der Waals surface area contributed by atoms with E-state index >= 15 is 0 Å². The van der Waals surface area contributed by atoms with Crippen LogP contribution < -0.4 is 0 Å². The number of phosphoric ester groups is 1. The Morgan fingerprint density at radius 3 is 1.42 bits per heavy atom. The smallest absolute Gasteiger partial charge is 0.469 e. The molecule has 0 radical (unpaired) electrons. The first-order chi connectivity index (χ1) is 24.4. The van der Waals surface area contributed by atoms with Crippen LogP contribution >= 0.6 is 7.82 Å². The van der Waals surface area contributed by atoms with Gasteiger partial charge in [-0.3, -0.25) is 43.2 Å². The third-order valence-corrected chi connectivity index (χ3v) is 8.98. The number of carbonyl (C=O) groups is 5. The Morgan fingerprint density at radius 1 is 0.673 bits per heavy atom. The summed E-state index contributed by atoms with van der Waals surface area (Å²) >= 11 is 0. The van der Waals surface area contributed by atoms with E-state index in [1.807, 2.05) is 36.4 Å². The van der Waals surface area contributed by atoms with Crippen molar-refractivity contribution in [3.63, 3.8) is 0 Å². The van der Waals surface area contributed by atoms with Gasteiger partial charge in [-0.15, -0.1) is 0 Å². The van der Waals surface area contributed by atoms with Crippen molar-refractivity contribution < 1.29 is 73.5 Å². The van der Waals surface area contributed by atoms with Crippen LogP contribution in [-0.4, -0.2) is 156 Å². The fraction of sp³-hybridized carbons (Fsp3) is 0.485. The minimum Gasteiger partial charge on any atom is -0.480 e. The maximum absolute atomic E-state index is 11.1. The highest BCUT2D eigenvalue weighted by atomic mass is 31.2. The van der Waals surface area contributed by atoms with Gasteiger partial charge in [-0.05, 0) is 36.8 Å². The number of nitrogens with zero attached hydrogens (tertiary/aromatic N) is 3. The molecule has 0 aliphatic heterocycles. The quantitative estimate of drug-likeness (QED) is 0.0814. The van der Waals surface area contributed by atoms with Gasteiger partial charge in [-0.2, -0.15) is 0 Å². The first kappa shape index (κ1) is 43.9. The van der Waals surface area contributed by atoms with Crippen LogP contribution in [0.15, 0.2) is 60.7 Å². The third kappa shape index (κ3) is 16.0. The van der Waals surface area contributed by atoms with Gasteiger partial charge in [0.2, 0.25) is 0 Å². The van der Waals surface area contributed by atoms with E-state index in [0.717, 1.165) is 22.6 Å². The molecule has 0 saturated heterocycles. The summed E-state index contributed by atoms with van der Waals surface area (Å²) in [4.78, 5) is 76.0. The molecular formula is C33H46N3O15P. The fourth-order valence-corrected chi connectivity index (χ4v) is 6.80. The molecule has 1 atom stereocenters. The topological polar surface area (TPSA) is 283 Å². The van der Waals surface area contributed by atoms with Gasteiger partial charge in [0.1, 0.15) is 0 Å². The number of aliphatic carboxylic acids is 5. The lowest BCUT2D eigenvalue weighted by molar-refractivity contribution is -0.145. The fourth-order valence-electron chi connectivity index (χ4n) is 6.20. The van der Waals surface area contributed by atoms with E-state index in [-0.39, 0.29) is 31.2 Å². The van der Waals surface area contributed by atoms with Crippen LogP contribution in [0.3, 0.4) is 0 Å². The zero-order chi connectivity index (χ0) is 38.9. The predicted molar refractivity (Wildman–Crippen MR) is 183 cm³/mol. The van der Waals surface area contributed by atoms with Crippen LogP contribution in [0.5, 0.6) is 0 Å². The van der Waals surface area contributed by atoms with Gasteiger partial charge in [0.05, 0.1) is 45.4 Å².